The maximum absolute atomic E-state index is 11.9. The molecule has 0 spiro atoms. The van der Waals surface area contributed by atoms with Gasteiger partial charge in [0.05, 0.1) is 0 Å². The zero-order valence-corrected chi connectivity index (χ0v) is 13.1. The van der Waals surface area contributed by atoms with Gasteiger partial charge in [-0.05, 0) is 22.6 Å². The van der Waals surface area contributed by atoms with Crippen molar-refractivity contribution in [2.45, 2.75) is 26.2 Å². The number of anilines is 1. The highest BCUT2D eigenvalue weighted by molar-refractivity contribution is 5.81. The fraction of sp³-hybridized carbons (Fsp3) is 0.235. The van der Waals surface area contributed by atoms with Gasteiger partial charge in [-0.2, -0.15) is 10.5 Å². The van der Waals surface area contributed by atoms with Gasteiger partial charge in [-0.3, -0.25) is 4.79 Å². The van der Waals surface area contributed by atoms with Crippen LogP contribution in [0.1, 0.15) is 37.5 Å². The molecule has 0 bridgehead atoms. The van der Waals surface area contributed by atoms with Crippen molar-refractivity contribution >= 4 is 5.82 Å². The van der Waals surface area contributed by atoms with Crippen molar-refractivity contribution in [1.29, 1.82) is 10.5 Å². The Morgan fingerprint density at radius 1 is 1.17 bits per heavy atom. The lowest BCUT2D eigenvalue weighted by Crippen LogP contribution is -2.16. The van der Waals surface area contributed by atoms with Crippen molar-refractivity contribution in [2.75, 3.05) is 5.73 Å². The van der Waals surface area contributed by atoms with Crippen molar-refractivity contribution in [3.8, 4) is 29.0 Å². The number of pyridine rings is 1. The van der Waals surface area contributed by atoms with Crippen LogP contribution in [0, 0.1) is 22.7 Å². The molecule has 0 aliphatic heterocycles. The Balaban J connectivity index is 2.84. The van der Waals surface area contributed by atoms with Crippen molar-refractivity contribution < 1.29 is 5.11 Å². The molecule has 1 aromatic heterocycles. The van der Waals surface area contributed by atoms with Crippen molar-refractivity contribution in [3.05, 3.63) is 45.2 Å². The molecule has 2 aromatic rings. The minimum atomic E-state index is -0.668. The normalized spacial score (nSPS) is 10.8. The largest absolute Gasteiger partial charge is 0.508 e. The molecule has 0 fully saturated rings. The number of phenols is 1. The lowest BCUT2D eigenvalue weighted by Gasteiger charge is -2.21. The maximum Gasteiger partial charge on any atom is 0.268 e. The molecular weight excluding hydrogens is 292 g/mol. The van der Waals surface area contributed by atoms with Crippen LogP contribution < -0.4 is 11.3 Å². The summed E-state index contributed by atoms with van der Waals surface area (Å²) in [5.74, 6) is -0.0764. The Bertz CT molecular complexity index is 922. The van der Waals surface area contributed by atoms with Gasteiger partial charge in [0.25, 0.3) is 5.56 Å². The first-order valence-electron chi connectivity index (χ1n) is 6.90. The number of benzene rings is 1. The first-order chi connectivity index (χ1) is 10.7. The number of hydrogen-bond acceptors (Lipinski definition) is 5. The highest BCUT2D eigenvalue weighted by Gasteiger charge is 2.22. The standard InChI is InChI=1S/C17H16N4O2/c1-17(2,3)12-5-4-9(6-13(12)22)14-10(7-18)15(20)21-16(23)11(14)8-19/h4-6,22H,1-3H3,(H3,20,21,23). The molecule has 1 aromatic carbocycles. The topological polar surface area (TPSA) is 127 Å². The molecule has 0 aliphatic rings. The Kier molecular flexibility index (Phi) is 3.86. The first-order valence-corrected chi connectivity index (χ1v) is 6.90. The number of hydrogen-bond donors (Lipinski definition) is 3. The fourth-order valence-corrected chi connectivity index (χ4v) is 2.45. The molecule has 0 unspecified atom stereocenters. The van der Waals surface area contributed by atoms with E-state index >= 15 is 0 Å². The van der Waals surface area contributed by atoms with Gasteiger partial charge < -0.3 is 15.8 Å². The van der Waals surface area contributed by atoms with E-state index in [4.69, 9.17) is 5.73 Å². The van der Waals surface area contributed by atoms with Crippen LogP contribution in [0.5, 0.6) is 5.75 Å². The van der Waals surface area contributed by atoms with Gasteiger partial charge >= 0.3 is 0 Å². The van der Waals surface area contributed by atoms with E-state index in [1.165, 1.54) is 6.07 Å². The van der Waals surface area contributed by atoms with Crippen LogP contribution in [0.25, 0.3) is 11.1 Å². The van der Waals surface area contributed by atoms with Gasteiger partial charge in [-0.1, -0.05) is 32.9 Å². The molecule has 23 heavy (non-hydrogen) atoms. The zero-order valence-electron chi connectivity index (χ0n) is 13.1. The van der Waals surface area contributed by atoms with Gasteiger partial charge in [0.2, 0.25) is 0 Å². The Labute approximate surface area is 133 Å². The zero-order chi connectivity index (χ0) is 17.4. The maximum atomic E-state index is 11.9. The van der Waals surface area contributed by atoms with Gasteiger partial charge in [-0.15, -0.1) is 0 Å². The molecule has 0 saturated carbocycles. The summed E-state index contributed by atoms with van der Waals surface area (Å²) < 4.78 is 0. The predicted octanol–water partition coefficient (Wildman–Crippen LogP) is 2.37. The van der Waals surface area contributed by atoms with E-state index in [9.17, 15) is 20.4 Å². The average Bonchev–Trinajstić information content (AvgIpc) is 2.45. The molecule has 6 nitrogen and oxygen atoms in total. The average molecular weight is 308 g/mol. The number of rotatable bonds is 1. The fourth-order valence-electron chi connectivity index (χ4n) is 2.45. The number of nitrogen functional groups attached to an aromatic ring is 1. The summed E-state index contributed by atoms with van der Waals surface area (Å²) in [6.45, 7) is 5.86. The van der Waals surface area contributed by atoms with Crippen LogP contribution in [0.4, 0.5) is 5.82 Å². The Morgan fingerprint density at radius 3 is 2.26 bits per heavy atom. The van der Waals surface area contributed by atoms with Crippen LogP contribution in [0.15, 0.2) is 23.0 Å². The van der Waals surface area contributed by atoms with Crippen LogP contribution in [0.3, 0.4) is 0 Å². The monoisotopic (exact) mass is 308 g/mol. The summed E-state index contributed by atoms with van der Waals surface area (Å²) in [5, 5.41) is 28.8. The highest BCUT2D eigenvalue weighted by Crippen LogP contribution is 2.36. The minimum absolute atomic E-state index is 0.00376. The summed E-state index contributed by atoms with van der Waals surface area (Å²) >= 11 is 0. The lowest BCUT2D eigenvalue weighted by molar-refractivity contribution is 0.447. The molecule has 0 saturated heterocycles. The van der Waals surface area contributed by atoms with Gasteiger partial charge in [-0.25, -0.2) is 0 Å². The van der Waals surface area contributed by atoms with Crippen LogP contribution >= 0.6 is 0 Å². The molecule has 0 aliphatic carbocycles. The smallest absolute Gasteiger partial charge is 0.268 e. The number of nitrogens with two attached hydrogens (primary N) is 1. The Morgan fingerprint density at radius 2 is 1.78 bits per heavy atom. The summed E-state index contributed by atoms with van der Waals surface area (Å²) in [4.78, 5) is 14.2. The Hall–Kier alpha value is -3.25. The summed E-state index contributed by atoms with van der Waals surface area (Å²) in [6.07, 6.45) is 0. The molecule has 0 amide bonds. The summed E-state index contributed by atoms with van der Waals surface area (Å²) in [6, 6.07) is 8.51. The summed E-state index contributed by atoms with van der Waals surface area (Å²) in [7, 11) is 0. The number of H-pyrrole nitrogens is 1. The minimum Gasteiger partial charge on any atom is -0.508 e. The van der Waals surface area contributed by atoms with Crippen LogP contribution in [0.2, 0.25) is 0 Å². The van der Waals surface area contributed by atoms with Crippen molar-refractivity contribution in [2.24, 2.45) is 0 Å². The third-order valence-electron chi connectivity index (χ3n) is 3.56. The van der Waals surface area contributed by atoms with Crippen molar-refractivity contribution in [3.63, 3.8) is 0 Å². The molecular formula is C17H16N4O2. The molecule has 116 valence electrons. The molecule has 6 heteroatoms. The van der Waals surface area contributed by atoms with Crippen molar-refractivity contribution in [1.82, 2.24) is 4.98 Å². The second-order valence-electron chi connectivity index (χ2n) is 6.20. The van der Waals surface area contributed by atoms with E-state index in [-0.39, 0.29) is 33.7 Å². The SMILES string of the molecule is CC(C)(C)c1ccc(-c2c(C#N)c(N)[nH]c(=O)c2C#N)cc1O. The number of nitriles is 2. The van der Waals surface area contributed by atoms with Gasteiger partial charge in [0.1, 0.15) is 34.8 Å². The third kappa shape index (κ3) is 2.75. The van der Waals surface area contributed by atoms with E-state index < -0.39 is 5.56 Å². The predicted molar refractivity (Wildman–Crippen MR) is 86.7 cm³/mol. The summed E-state index contributed by atoms with van der Waals surface area (Å²) in [5.41, 5.74) is 5.78. The van der Waals surface area contributed by atoms with E-state index in [1.54, 1.807) is 18.2 Å². The van der Waals surface area contributed by atoms with Gasteiger partial charge in [0.15, 0.2) is 0 Å². The van der Waals surface area contributed by atoms with Crippen LogP contribution in [-0.4, -0.2) is 10.1 Å². The second-order valence-corrected chi connectivity index (χ2v) is 6.20. The van der Waals surface area contributed by atoms with Gasteiger partial charge in [0, 0.05) is 5.56 Å². The van der Waals surface area contributed by atoms with E-state index in [2.05, 4.69) is 4.98 Å². The lowest BCUT2D eigenvalue weighted by atomic mass is 9.84. The first kappa shape index (κ1) is 16.1. The van der Waals surface area contributed by atoms with E-state index in [1.807, 2.05) is 26.8 Å². The third-order valence-corrected chi connectivity index (χ3v) is 3.56. The number of aromatic nitrogens is 1. The quantitative estimate of drug-likeness (QED) is 0.745. The molecule has 0 atom stereocenters. The van der Waals surface area contributed by atoms with Crippen LogP contribution in [-0.2, 0) is 5.41 Å². The van der Waals surface area contributed by atoms with E-state index in [0.717, 1.165) is 5.56 Å². The number of nitrogens with one attached hydrogen (secondary N) is 1. The number of phenolic OH excluding ortho intramolecular Hbond substituents is 1. The number of aromatic amines is 1. The molecule has 1 heterocycles. The second kappa shape index (κ2) is 5.51. The highest BCUT2D eigenvalue weighted by atomic mass is 16.3. The van der Waals surface area contributed by atoms with E-state index in [0.29, 0.717) is 5.56 Å². The number of nitrogens with zero attached hydrogens (tertiary/aromatic N) is 2. The molecule has 2 rings (SSSR count). The molecule has 4 N–H and O–H groups in total. The molecule has 0 radical (unpaired) electrons. The number of aromatic hydroxyl groups is 1.